The van der Waals surface area contributed by atoms with Crippen LogP contribution in [0.1, 0.15) is 81.1 Å². The van der Waals surface area contributed by atoms with Crippen molar-refractivity contribution in [3.8, 4) is 0 Å². The van der Waals surface area contributed by atoms with Gasteiger partial charge in [-0.15, -0.1) is 11.3 Å². The molecular weight excluding hydrogens is 334 g/mol. The number of hydrogen-bond donors (Lipinski definition) is 1. The van der Waals surface area contributed by atoms with Gasteiger partial charge in [0.05, 0.1) is 12.2 Å². The van der Waals surface area contributed by atoms with Gasteiger partial charge in [0, 0.05) is 11.3 Å². The summed E-state index contributed by atoms with van der Waals surface area (Å²) in [6.07, 6.45) is 5.35. The van der Waals surface area contributed by atoms with E-state index in [0.717, 1.165) is 37.7 Å². The molecule has 1 atom stereocenters. The lowest BCUT2D eigenvalue weighted by Gasteiger charge is -2.36. The first-order valence-electron chi connectivity index (χ1n) is 9.45. The number of rotatable bonds is 7. The van der Waals surface area contributed by atoms with Gasteiger partial charge in [0.15, 0.2) is 0 Å². The van der Waals surface area contributed by atoms with Crippen LogP contribution in [0.25, 0.3) is 0 Å². The number of carbonyl (C=O) groups excluding carboxylic acids is 2. The molecule has 140 valence electrons. The summed E-state index contributed by atoms with van der Waals surface area (Å²) >= 11 is 1.57. The van der Waals surface area contributed by atoms with Crippen molar-refractivity contribution in [3.05, 3.63) is 16.0 Å². The molecular formula is C20H31NO3S. The summed E-state index contributed by atoms with van der Waals surface area (Å²) in [5.41, 5.74) is 1.98. The normalized spacial score (nSPS) is 17.1. The van der Waals surface area contributed by atoms with Gasteiger partial charge in [0.25, 0.3) is 0 Å². The number of carbonyl (C=O) groups is 2. The van der Waals surface area contributed by atoms with E-state index in [1.165, 1.54) is 4.88 Å². The summed E-state index contributed by atoms with van der Waals surface area (Å²) in [7, 11) is 0. The lowest BCUT2D eigenvalue weighted by Crippen LogP contribution is -2.28. The van der Waals surface area contributed by atoms with E-state index in [2.05, 4.69) is 26.1 Å². The predicted octanol–water partition coefficient (Wildman–Crippen LogP) is 5.20. The monoisotopic (exact) mass is 365 g/mol. The van der Waals surface area contributed by atoms with Gasteiger partial charge >= 0.3 is 5.97 Å². The molecule has 2 rings (SSSR count). The average Bonchev–Trinajstić information content (AvgIpc) is 2.92. The molecule has 1 aliphatic rings. The van der Waals surface area contributed by atoms with Gasteiger partial charge in [-0.2, -0.15) is 0 Å². The zero-order valence-electron chi connectivity index (χ0n) is 16.2. The fourth-order valence-electron chi connectivity index (χ4n) is 3.47. The van der Waals surface area contributed by atoms with Crippen LogP contribution < -0.4 is 5.32 Å². The van der Waals surface area contributed by atoms with Crippen molar-refractivity contribution in [1.82, 2.24) is 0 Å². The van der Waals surface area contributed by atoms with Crippen molar-refractivity contribution < 1.29 is 14.3 Å². The van der Waals surface area contributed by atoms with Crippen molar-refractivity contribution in [3.63, 3.8) is 0 Å². The maximum atomic E-state index is 12.5. The van der Waals surface area contributed by atoms with Crippen molar-refractivity contribution in [1.29, 1.82) is 0 Å². The molecule has 4 nitrogen and oxygen atoms in total. The summed E-state index contributed by atoms with van der Waals surface area (Å²) in [5.74, 6) is 0.273. The molecule has 0 radical (unpaired) electrons. The van der Waals surface area contributed by atoms with Gasteiger partial charge in [-0.1, -0.05) is 34.1 Å². The van der Waals surface area contributed by atoms with Crippen molar-refractivity contribution in [2.24, 2.45) is 11.3 Å². The molecule has 0 fully saturated rings. The molecule has 1 amide bonds. The van der Waals surface area contributed by atoms with Crippen LogP contribution in [0, 0.1) is 11.3 Å². The minimum absolute atomic E-state index is 0.0305. The maximum absolute atomic E-state index is 12.5. The third-order valence-electron chi connectivity index (χ3n) is 5.49. The van der Waals surface area contributed by atoms with E-state index >= 15 is 0 Å². The van der Waals surface area contributed by atoms with Crippen LogP contribution in [-0.2, 0) is 22.4 Å². The molecule has 0 aliphatic heterocycles. The lowest BCUT2D eigenvalue weighted by molar-refractivity contribution is -0.116. The second kappa shape index (κ2) is 8.35. The Balaban J connectivity index is 2.35. The molecule has 0 bridgehead atoms. The number of esters is 1. The fourth-order valence-corrected chi connectivity index (χ4v) is 4.80. The van der Waals surface area contributed by atoms with Crippen LogP contribution in [0.2, 0.25) is 0 Å². The Labute approximate surface area is 155 Å². The van der Waals surface area contributed by atoms with E-state index in [0.29, 0.717) is 29.5 Å². The summed E-state index contributed by atoms with van der Waals surface area (Å²) in [5, 5.41) is 3.63. The molecule has 0 unspecified atom stereocenters. The van der Waals surface area contributed by atoms with E-state index in [1.807, 2.05) is 13.8 Å². The molecule has 5 heteroatoms. The Hall–Kier alpha value is -1.36. The third-order valence-corrected chi connectivity index (χ3v) is 6.66. The van der Waals surface area contributed by atoms with Gasteiger partial charge in [-0.05, 0) is 49.5 Å². The highest BCUT2D eigenvalue weighted by molar-refractivity contribution is 7.17. The van der Waals surface area contributed by atoms with E-state index in [4.69, 9.17) is 4.74 Å². The molecule has 0 spiro atoms. The van der Waals surface area contributed by atoms with Crippen molar-refractivity contribution in [2.45, 2.75) is 73.1 Å². The molecule has 0 saturated carbocycles. The Bertz CT molecular complexity index is 633. The Kier molecular flexibility index (Phi) is 6.66. The number of thiophene rings is 1. The van der Waals surface area contributed by atoms with Crippen molar-refractivity contribution in [2.75, 3.05) is 11.9 Å². The standard InChI is InChI=1S/C20H31NO3S/c1-6-9-16(22)21-18-17(19(23)24-8-3)14-11-10-13(12-15(14)25-18)20(4,5)7-2/h13H,6-12H2,1-5H3,(H,21,22)/t13-/m1/s1. The van der Waals surface area contributed by atoms with Crippen LogP contribution in [0.5, 0.6) is 0 Å². The van der Waals surface area contributed by atoms with Crippen LogP contribution in [0.15, 0.2) is 0 Å². The molecule has 1 aliphatic carbocycles. The summed E-state index contributed by atoms with van der Waals surface area (Å²) in [6, 6.07) is 0. The van der Waals surface area contributed by atoms with Gasteiger partial charge in [0.1, 0.15) is 5.00 Å². The van der Waals surface area contributed by atoms with Crippen LogP contribution in [0.4, 0.5) is 5.00 Å². The van der Waals surface area contributed by atoms with Crippen LogP contribution in [-0.4, -0.2) is 18.5 Å². The Morgan fingerprint density at radius 1 is 1.28 bits per heavy atom. The SMILES string of the molecule is CCCC(=O)Nc1sc2c(c1C(=O)OCC)CC[C@@H](C(C)(C)CC)C2. The molecule has 1 heterocycles. The maximum Gasteiger partial charge on any atom is 0.341 e. The smallest absolute Gasteiger partial charge is 0.341 e. The van der Waals surface area contributed by atoms with Gasteiger partial charge in [0.2, 0.25) is 5.91 Å². The molecule has 0 aromatic carbocycles. The summed E-state index contributed by atoms with van der Waals surface area (Å²) in [4.78, 5) is 25.8. The Morgan fingerprint density at radius 2 is 2.00 bits per heavy atom. The highest BCUT2D eigenvalue weighted by atomic mass is 32.1. The molecule has 0 saturated heterocycles. The molecule has 1 aromatic heterocycles. The fraction of sp³-hybridized carbons (Fsp3) is 0.700. The quantitative estimate of drug-likeness (QED) is 0.675. The van der Waals surface area contributed by atoms with Crippen LogP contribution in [0.3, 0.4) is 0 Å². The van der Waals surface area contributed by atoms with E-state index in [1.54, 1.807) is 11.3 Å². The van der Waals surface area contributed by atoms with E-state index < -0.39 is 0 Å². The van der Waals surface area contributed by atoms with Gasteiger partial charge in [-0.25, -0.2) is 4.79 Å². The average molecular weight is 366 g/mol. The minimum Gasteiger partial charge on any atom is -0.462 e. The second-order valence-electron chi connectivity index (χ2n) is 7.51. The largest absolute Gasteiger partial charge is 0.462 e. The number of anilines is 1. The molecule has 25 heavy (non-hydrogen) atoms. The first kappa shape index (κ1) is 20.0. The van der Waals surface area contributed by atoms with Gasteiger partial charge < -0.3 is 10.1 Å². The lowest BCUT2D eigenvalue weighted by atomic mass is 9.69. The summed E-state index contributed by atoms with van der Waals surface area (Å²) in [6.45, 7) is 11.0. The number of ether oxygens (including phenoxy) is 1. The van der Waals surface area contributed by atoms with Crippen LogP contribution >= 0.6 is 11.3 Å². The first-order valence-corrected chi connectivity index (χ1v) is 10.3. The number of nitrogens with one attached hydrogen (secondary N) is 1. The van der Waals surface area contributed by atoms with E-state index in [-0.39, 0.29) is 17.3 Å². The minimum atomic E-state index is -0.306. The van der Waals surface area contributed by atoms with E-state index in [9.17, 15) is 9.59 Å². The first-order chi connectivity index (χ1) is 11.8. The number of amides is 1. The summed E-state index contributed by atoms with van der Waals surface area (Å²) < 4.78 is 5.27. The third kappa shape index (κ3) is 4.43. The molecule has 1 N–H and O–H groups in total. The molecule has 1 aromatic rings. The predicted molar refractivity (Wildman–Crippen MR) is 103 cm³/mol. The number of hydrogen-bond acceptors (Lipinski definition) is 4. The topological polar surface area (TPSA) is 55.4 Å². The Morgan fingerprint density at radius 3 is 2.60 bits per heavy atom. The zero-order chi connectivity index (χ0) is 18.6. The highest BCUT2D eigenvalue weighted by Gasteiger charge is 2.35. The second-order valence-corrected chi connectivity index (χ2v) is 8.61. The van der Waals surface area contributed by atoms with Crippen molar-refractivity contribution >= 4 is 28.2 Å². The van der Waals surface area contributed by atoms with Gasteiger partial charge in [-0.3, -0.25) is 4.79 Å². The number of fused-ring (bicyclic) bond motifs is 1. The zero-order valence-corrected chi connectivity index (χ0v) is 17.0. The highest BCUT2D eigenvalue weighted by Crippen LogP contribution is 2.45.